The molecule has 3 aromatic carbocycles. The third-order valence-corrected chi connectivity index (χ3v) is 4.74. The van der Waals surface area contributed by atoms with Gasteiger partial charge in [-0.3, -0.25) is 10.1 Å². The molecule has 8 nitrogen and oxygen atoms in total. The van der Waals surface area contributed by atoms with E-state index in [0.717, 1.165) is 22.4 Å². The fraction of sp³-hybridized carbons (Fsp3) is 0.148. The van der Waals surface area contributed by atoms with Gasteiger partial charge in [-0.05, 0) is 28.8 Å². The lowest BCUT2D eigenvalue weighted by atomic mass is 10.1. The van der Waals surface area contributed by atoms with Crippen LogP contribution < -0.4 is 15.4 Å². The Morgan fingerprint density at radius 3 is 1.80 bits per heavy atom. The van der Waals surface area contributed by atoms with E-state index in [4.69, 9.17) is 14.9 Å². The van der Waals surface area contributed by atoms with E-state index in [0.29, 0.717) is 25.2 Å². The van der Waals surface area contributed by atoms with E-state index in [-0.39, 0.29) is 5.91 Å². The first-order chi connectivity index (χ1) is 16.9. The maximum atomic E-state index is 12.8. The summed E-state index contributed by atoms with van der Waals surface area (Å²) in [7, 11) is 1.65. The van der Waals surface area contributed by atoms with Crippen molar-refractivity contribution < 1.29 is 29.3 Å². The van der Waals surface area contributed by atoms with Gasteiger partial charge in [0.2, 0.25) is 5.91 Å². The normalized spacial score (nSPS) is 11.1. The highest BCUT2D eigenvalue weighted by molar-refractivity contribution is 5.89. The number of carbonyl (C=O) groups is 3. The van der Waals surface area contributed by atoms with Crippen LogP contribution in [-0.2, 0) is 27.5 Å². The standard InChI is InChI=1S/C23H24N2O2.C4H4O4/c1-27-21-14-12-19(13-15-21)16-24-22(20-10-6-3-7-11-20)23(26)25-17-18-8-4-2-5-9-18;5-3(6)1-2-4(7)8/h2-15,22,24H,16-17H2,1H3,(H,25,26);1-2H,(H,5,6)(H,7,8)/b;2-1+. The van der Waals surface area contributed by atoms with E-state index in [1.165, 1.54) is 0 Å². The number of benzene rings is 3. The molecule has 1 amide bonds. The van der Waals surface area contributed by atoms with Crippen LogP contribution in [0.3, 0.4) is 0 Å². The molecule has 3 rings (SSSR count). The highest BCUT2D eigenvalue weighted by Crippen LogP contribution is 2.16. The summed E-state index contributed by atoms with van der Waals surface area (Å²) in [5, 5.41) is 22.0. The summed E-state index contributed by atoms with van der Waals surface area (Å²) in [6, 6.07) is 27.1. The lowest BCUT2D eigenvalue weighted by Gasteiger charge is -2.19. The zero-order chi connectivity index (χ0) is 25.5. The minimum Gasteiger partial charge on any atom is -0.497 e. The monoisotopic (exact) mass is 476 g/mol. The van der Waals surface area contributed by atoms with Gasteiger partial charge < -0.3 is 20.3 Å². The molecule has 1 atom stereocenters. The number of rotatable bonds is 10. The van der Waals surface area contributed by atoms with Crippen LogP contribution in [0.25, 0.3) is 0 Å². The average Bonchev–Trinajstić information content (AvgIpc) is 2.88. The van der Waals surface area contributed by atoms with Gasteiger partial charge in [0.1, 0.15) is 11.8 Å². The van der Waals surface area contributed by atoms with E-state index in [2.05, 4.69) is 10.6 Å². The minimum absolute atomic E-state index is 0.0430. The number of nitrogens with one attached hydrogen (secondary N) is 2. The fourth-order valence-electron chi connectivity index (χ4n) is 3.00. The SMILES string of the molecule is COc1ccc(CNC(C(=O)NCc2ccccc2)c2ccccc2)cc1.O=C(O)/C=C/C(=O)O. The van der Waals surface area contributed by atoms with Crippen LogP contribution in [0.15, 0.2) is 97.1 Å². The largest absolute Gasteiger partial charge is 0.497 e. The van der Waals surface area contributed by atoms with Crippen LogP contribution in [-0.4, -0.2) is 35.2 Å². The van der Waals surface area contributed by atoms with Gasteiger partial charge in [0.05, 0.1) is 7.11 Å². The predicted octanol–water partition coefficient (Wildman–Crippen LogP) is 3.55. The molecular formula is C27H28N2O6. The van der Waals surface area contributed by atoms with Crippen molar-refractivity contribution in [2.24, 2.45) is 0 Å². The van der Waals surface area contributed by atoms with Gasteiger partial charge in [-0.15, -0.1) is 0 Å². The number of ether oxygens (including phenoxy) is 1. The molecule has 0 aliphatic heterocycles. The molecule has 182 valence electrons. The fourth-order valence-corrected chi connectivity index (χ4v) is 3.00. The van der Waals surface area contributed by atoms with E-state index in [9.17, 15) is 14.4 Å². The molecule has 8 heteroatoms. The van der Waals surface area contributed by atoms with Crippen molar-refractivity contribution in [3.8, 4) is 5.75 Å². The van der Waals surface area contributed by atoms with Crippen molar-refractivity contribution in [1.29, 1.82) is 0 Å². The zero-order valence-corrected chi connectivity index (χ0v) is 19.3. The van der Waals surface area contributed by atoms with Gasteiger partial charge in [-0.1, -0.05) is 72.8 Å². The molecule has 0 aromatic heterocycles. The third-order valence-electron chi connectivity index (χ3n) is 4.74. The number of methoxy groups -OCH3 is 1. The summed E-state index contributed by atoms with van der Waals surface area (Å²) in [5.41, 5.74) is 3.11. The zero-order valence-electron chi connectivity index (χ0n) is 19.3. The Hall–Kier alpha value is -4.43. The molecule has 0 aliphatic carbocycles. The highest BCUT2D eigenvalue weighted by Gasteiger charge is 2.19. The van der Waals surface area contributed by atoms with Crippen molar-refractivity contribution in [1.82, 2.24) is 10.6 Å². The smallest absolute Gasteiger partial charge is 0.328 e. The molecule has 1 unspecified atom stereocenters. The Bertz CT molecular complexity index is 1080. The Balaban J connectivity index is 0.000000466. The summed E-state index contributed by atoms with van der Waals surface area (Å²) in [6.45, 7) is 1.09. The Kier molecular flexibility index (Phi) is 11.2. The number of carboxylic acid groups (broad SMARTS) is 2. The van der Waals surface area contributed by atoms with Gasteiger partial charge in [0, 0.05) is 25.2 Å². The van der Waals surface area contributed by atoms with Crippen LogP contribution in [0, 0.1) is 0 Å². The van der Waals surface area contributed by atoms with Crippen LogP contribution in [0.2, 0.25) is 0 Å². The van der Waals surface area contributed by atoms with Gasteiger partial charge in [0.25, 0.3) is 0 Å². The molecule has 3 aromatic rings. The van der Waals surface area contributed by atoms with E-state index in [1.807, 2.05) is 84.9 Å². The van der Waals surface area contributed by atoms with E-state index in [1.54, 1.807) is 7.11 Å². The first-order valence-electron chi connectivity index (χ1n) is 10.8. The van der Waals surface area contributed by atoms with Crippen LogP contribution in [0.1, 0.15) is 22.7 Å². The summed E-state index contributed by atoms with van der Waals surface area (Å²) >= 11 is 0. The molecule has 0 saturated carbocycles. The number of aliphatic carboxylic acids is 2. The number of carboxylic acids is 2. The number of carbonyl (C=O) groups excluding carboxylic acids is 1. The van der Waals surface area contributed by atoms with Crippen LogP contribution in [0.4, 0.5) is 0 Å². The van der Waals surface area contributed by atoms with Gasteiger partial charge in [-0.2, -0.15) is 0 Å². The highest BCUT2D eigenvalue weighted by atomic mass is 16.5. The van der Waals surface area contributed by atoms with Crippen molar-refractivity contribution in [2.45, 2.75) is 19.1 Å². The van der Waals surface area contributed by atoms with E-state index < -0.39 is 18.0 Å². The average molecular weight is 477 g/mol. The minimum atomic E-state index is -1.26. The Labute approximate surface area is 203 Å². The van der Waals surface area contributed by atoms with Crippen molar-refractivity contribution >= 4 is 17.8 Å². The first-order valence-corrected chi connectivity index (χ1v) is 10.8. The summed E-state index contributed by atoms with van der Waals surface area (Å²) in [5.74, 6) is -1.74. The second kappa shape index (κ2) is 14.7. The molecule has 0 heterocycles. The van der Waals surface area contributed by atoms with Crippen LogP contribution in [0.5, 0.6) is 5.75 Å². The number of amides is 1. The quantitative estimate of drug-likeness (QED) is 0.330. The molecular weight excluding hydrogens is 448 g/mol. The number of hydrogen-bond donors (Lipinski definition) is 4. The maximum absolute atomic E-state index is 12.8. The lowest BCUT2D eigenvalue weighted by Crippen LogP contribution is -2.37. The molecule has 0 radical (unpaired) electrons. The third kappa shape index (κ3) is 10.4. The van der Waals surface area contributed by atoms with Crippen LogP contribution >= 0.6 is 0 Å². The summed E-state index contributed by atoms with van der Waals surface area (Å²) in [6.07, 6.45) is 1.12. The summed E-state index contributed by atoms with van der Waals surface area (Å²) < 4.78 is 5.19. The first kappa shape index (κ1) is 26.8. The molecule has 0 bridgehead atoms. The molecule has 4 N–H and O–H groups in total. The van der Waals surface area contributed by atoms with Crippen molar-refractivity contribution in [3.63, 3.8) is 0 Å². The van der Waals surface area contributed by atoms with Crippen molar-refractivity contribution in [2.75, 3.05) is 7.11 Å². The Morgan fingerprint density at radius 2 is 1.29 bits per heavy atom. The number of hydrogen-bond acceptors (Lipinski definition) is 5. The van der Waals surface area contributed by atoms with Crippen molar-refractivity contribution in [3.05, 3.63) is 114 Å². The van der Waals surface area contributed by atoms with Gasteiger partial charge in [-0.25, -0.2) is 9.59 Å². The Morgan fingerprint density at radius 1 is 0.771 bits per heavy atom. The lowest BCUT2D eigenvalue weighted by molar-refractivity contribution is -0.134. The maximum Gasteiger partial charge on any atom is 0.328 e. The van der Waals surface area contributed by atoms with E-state index >= 15 is 0 Å². The topological polar surface area (TPSA) is 125 Å². The second-order valence-corrected chi connectivity index (χ2v) is 7.29. The summed E-state index contributed by atoms with van der Waals surface area (Å²) in [4.78, 5) is 32.0. The van der Waals surface area contributed by atoms with Gasteiger partial charge >= 0.3 is 11.9 Å². The van der Waals surface area contributed by atoms with Gasteiger partial charge in [0.15, 0.2) is 0 Å². The molecule has 35 heavy (non-hydrogen) atoms. The second-order valence-electron chi connectivity index (χ2n) is 7.29. The molecule has 0 saturated heterocycles. The molecule has 0 spiro atoms. The molecule has 0 fully saturated rings. The predicted molar refractivity (Wildman–Crippen MR) is 132 cm³/mol. The molecule has 0 aliphatic rings.